The van der Waals surface area contributed by atoms with Gasteiger partial charge in [0.1, 0.15) is 0 Å². The van der Waals surface area contributed by atoms with Crippen molar-refractivity contribution in [3.05, 3.63) is 33.5 Å². The molecular formula is C10H8BrN3OS. The third-order valence-corrected chi connectivity index (χ3v) is 3.55. The van der Waals surface area contributed by atoms with E-state index >= 15 is 0 Å². The Morgan fingerprint density at radius 1 is 1.44 bits per heavy atom. The van der Waals surface area contributed by atoms with E-state index in [9.17, 15) is 4.79 Å². The molecule has 0 saturated carbocycles. The Morgan fingerprint density at radius 2 is 2.19 bits per heavy atom. The second-order valence-corrected chi connectivity index (χ2v) is 5.65. The lowest BCUT2D eigenvalue weighted by molar-refractivity contribution is 0.0990. The largest absolute Gasteiger partial charge is 0.363 e. The Kier molecular flexibility index (Phi) is 3.02. The Bertz CT molecular complexity index is 553. The van der Waals surface area contributed by atoms with Crippen molar-refractivity contribution in [1.29, 1.82) is 0 Å². The first-order chi connectivity index (χ1) is 7.56. The summed E-state index contributed by atoms with van der Waals surface area (Å²) in [6, 6.07) is 5.69. The van der Waals surface area contributed by atoms with Crippen molar-refractivity contribution in [3.63, 3.8) is 0 Å². The number of halogens is 1. The minimum atomic E-state index is -0.611. The molecule has 0 aliphatic rings. The molecule has 1 amide bonds. The molecular weight excluding hydrogens is 290 g/mol. The number of rotatable bonds is 2. The highest BCUT2D eigenvalue weighted by molar-refractivity contribution is 9.11. The zero-order valence-corrected chi connectivity index (χ0v) is 10.8. The van der Waals surface area contributed by atoms with E-state index in [2.05, 4.69) is 25.9 Å². The van der Waals surface area contributed by atoms with Crippen LogP contribution in [0.25, 0.3) is 10.6 Å². The summed E-state index contributed by atoms with van der Waals surface area (Å²) in [5.41, 5.74) is 6.61. The quantitative estimate of drug-likeness (QED) is 0.925. The van der Waals surface area contributed by atoms with Crippen LogP contribution in [0.1, 0.15) is 16.3 Å². The van der Waals surface area contributed by atoms with Crippen molar-refractivity contribution in [1.82, 2.24) is 9.97 Å². The summed E-state index contributed by atoms with van der Waals surface area (Å²) in [7, 11) is 0. The SMILES string of the molecule is Cc1cc(-c2ccc(Br)s2)nc(C(N)=O)n1. The molecule has 0 unspecified atom stereocenters. The zero-order chi connectivity index (χ0) is 11.7. The van der Waals surface area contributed by atoms with Crippen LogP contribution in [0.5, 0.6) is 0 Å². The Morgan fingerprint density at radius 3 is 2.75 bits per heavy atom. The summed E-state index contributed by atoms with van der Waals surface area (Å²) in [4.78, 5) is 20.1. The summed E-state index contributed by atoms with van der Waals surface area (Å²) in [5.74, 6) is -0.555. The monoisotopic (exact) mass is 297 g/mol. The molecule has 0 radical (unpaired) electrons. The van der Waals surface area contributed by atoms with E-state index in [0.717, 1.165) is 20.1 Å². The summed E-state index contributed by atoms with van der Waals surface area (Å²) in [5, 5.41) is 0. The first kappa shape index (κ1) is 11.2. The molecule has 0 aromatic carbocycles. The van der Waals surface area contributed by atoms with Crippen LogP contribution in [-0.2, 0) is 0 Å². The number of aromatic nitrogens is 2. The molecule has 2 aromatic heterocycles. The molecule has 0 bridgehead atoms. The molecule has 0 spiro atoms. The van der Waals surface area contributed by atoms with E-state index in [1.54, 1.807) is 18.3 Å². The fourth-order valence-corrected chi connectivity index (χ4v) is 2.60. The highest BCUT2D eigenvalue weighted by Crippen LogP contribution is 2.30. The van der Waals surface area contributed by atoms with Gasteiger partial charge in [-0.3, -0.25) is 4.79 Å². The molecule has 0 aliphatic carbocycles. The van der Waals surface area contributed by atoms with Gasteiger partial charge in [0.05, 0.1) is 14.4 Å². The number of primary amides is 1. The van der Waals surface area contributed by atoms with Gasteiger partial charge in [-0.25, -0.2) is 9.97 Å². The molecule has 0 fully saturated rings. The molecule has 0 aliphatic heterocycles. The fraction of sp³-hybridized carbons (Fsp3) is 0.100. The topological polar surface area (TPSA) is 68.9 Å². The van der Waals surface area contributed by atoms with Crippen molar-refractivity contribution in [3.8, 4) is 10.6 Å². The molecule has 2 aromatic rings. The molecule has 0 saturated heterocycles. The van der Waals surface area contributed by atoms with Crippen molar-refractivity contribution in [2.45, 2.75) is 6.92 Å². The lowest BCUT2D eigenvalue weighted by atomic mass is 10.3. The number of amides is 1. The van der Waals surface area contributed by atoms with Crippen LogP contribution in [0.3, 0.4) is 0 Å². The number of carbonyl (C=O) groups is 1. The van der Waals surface area contributed by atoms with Crippen LogP contribution >= 0.6 is 27.3 Å². The predicted molar refractivity (Wildman–Crippen MR) is 66.3 cm³/mol. The van der Waals surface area contributed by atoms with Gasteiger partial charge >= 0.3 is 0 Å². The zero-order valence-electron chi connectivity index (χ0n) is 8.40. The number of hydrogen-bond donors (Lipinski definition) is 1. The number of nitrogens with zero attached hydrogens (tertiary/aromatic N) is 2. The van der Waals surface area contributed by atoms with Crippen LogP contribution in [0.15, 0.2) is 22.0 Å². The molecule has 2 heterocycles. The average Bonchev–Trinajstić information content (AvgIpc) is 2.64. The summed E-state index contributed by atoms with van der Waals surface area (Å²) in [6.07, 6.45) is 0. The van der Waals surface area contributed by atoms with Gasteiger partial charge < -0.3 is 5.73 Å². The van der Waals surface area contributed by atoms with Crippen molar-refractivity contribution in [2.24, 2.45) is 5.73 Å². The Balaban J connectivity index is 2.53. The van der Waals surface area contributed by atoms with E-state index in [1.165, 1.54) is 0 Å². The Hall–Kier alpha value is -1.27. The average molecular weight is 298 g/mol. The van der Waals surface area contributed by atoms with Crippen molar-refractivity contribution < 1.29 is 4.79 Å². The molecule has 2 N–H and O–H groups in total. The number of aryl methyl sites for hydroxylation is 1. The second kappa shape index (κ2) is 4.31. The number of nitrogens with two attached hydrogens (primary N) is 1. The van der Waals surface area contributed by atoms with E-state index < -0.39 is 5.91 Å². The summed E-state index contributed by atoms with van der Waals surface area (Å²) >= 11 is 4.92. The van der Waals surface area contributed by atoms with Gasteiger partial charge in [-0.2, -0.15) is 0 Å². The molecule has 4 nitrogen and oxygen atoms in total. The number of carbonyl (C=O) groups excluding carboxylic acids is 1. The highest BCUT2D eigenvalue weighted by atomic mass is 79.9. The van der Waals surface area contributed by atoms with E-state index in [4.69, 9.17) is 5.73 Å². The van der Waals surface area contributed by atoms with Gasteiger partial charge in [-0.15, -0.1) is 11.3 Å². The smallest absolute Gasteiger partial charge is 0.286 e. The normalized spacial score (nSPS) is 10.4. The molecule has 0 atom stereocenters. The van der Waals surface area contributed by atoms with Gasteiger partial charge in [0.25, 0.3) is 5.91 Å². The molecule has 6 heteroatoms. The third-order valence-electron chi connectivity index (χ3n) is 1.90. The van der Waals surface area contributed by atoms with Crippen LogP contribution < -0.4 is 5.73 Å². The maximum atomic E-state index is 11.0. The third kappa shape index (κ3) is 2.28. The van der Waals surface area contributed by atoms with Crippen LogP contribution in [0.2, 0.25) is 0 Å². The maximum absolute atomic E-state index is 11.0. The van der Waals surface area contributed by atoms with Crippen LogP contribution in [0.4, 0.5) is 0 Å². The number of hydrogen-bond acceptors (Lipinski definition) is 4. The predicted octanol–water partition coefficient (Wildman–Crippen LogP) is 2.37. The first-order valence-electron chi connectivity index (χ1n) is 4.47. The standard InChI is InChI=1S/C10H8BrN3OS/c1-5-4-6(7-2-3-8(11)16-7)14-10(13-5)9(12)15/h2-4H,1H3,(H2,12,15). The minimum Gasteiger partial charge on any atom is -0.363 e. The Labute approximate surface area is 105 Å². The van der Waals surface area contributed by atoms with Crippen LogP contribution in [0, 0.1) is 6.92 Å². The lowest BCUT2D eigenvalue weighted by Gasteiger charge is -2.01. The van der Waals surface area contributed by atoms with Gasteiger partial charge in [0.15, 0.2) is 0 Å². The second-order valence-electron chi connectivity index (χ2n) is 3.19. The number of thiophene rings is 1. The minimum absolute atomic E-state index is 0.0551. The van der Waals surface area contributed by atoms with Gasteiger partial charge in [0.2, 0.25) is 5.82 Å². The van der Waals surface area contributed by atoms with Gasteiger partial charge in [-0.05, 0) is 41.1 Å². The molecule has 82 valence electrons. The summed E-state index contributed by atoms with van der Waals surface area (Å²) < 4.78 is 1.01. The van der Waals surface area contributed by atoms with E-state index in [-0.39, 0.29) is 5.82 Å². The lowest BCUT2D eigenvalue weighted by Crippen LogP contribution is -2.16. The first-order valence-corrected chi connectivity index (χ1v) is 6.08. The maximum Gasteiger partial charge on any atom is 0.286 e. The molecule has 16 heavy (non-hydrogen) atoms. The van der Waals surface area contributed by atoms with E-state index in [1.807, 2.05) is 18.2 Å². The highest BCUT2D eigenvalue weighted by Gasteiger charge is 2.10. The van der Waals surface area contributed by atoms with E-state index in [0.29, 0.717) is 0 Å². The molecule has 2 rings (SSSR count). The van der Waals surface area contributed by atoms with Gasteiger partial charge in [-0.1, -0.05) is 0 Å². The van der Waals surface area contributed by atoms with Crippen LogP contribution in [-0.4, -0.2) is 15.9 Å². The van der Waals surface area contributed by atoms with Gasteiger partial charge in [0, 0.05) is 5.69 Å². The fourth-order valence-electron chi connectivity index (χ4n) is 1.26. The summed E-state index contributed by atoms with van der Waals surface area (Å²) in [6.45, 7) is 1.81. The van der Waals surface area contributed by atoms with Crippen molar-refractivity contribution in [2.75, 3.05) is 0 Å². The van der Waals surface area contributed by atoms with Crippen molar-refractivity contribution >= 4 is 33.2 Å².